The van der Waals surface area contributed by atoms with Gasteiger partial charge in [-0.15, -0.1) is 0 Å². The maximum Gasteiger partial charge on any atom is 0.245 e. The van der Waals surface area contributed by atoms with Gasteiger partial charge in [0.15, 0.2) is 0 Å². The molecule has 2 aliphatic rings. The van der Waals surface area contributed by atoms with Crippen molar-refractivity contribution in [2.24, 2.45) is 0 Å². The van der Waals surface area contributed by atoms with Crippen LogP contribution in [0.25, 0.3) is 0 Å². The van der Waals surface area contributed by atoms with Crippen molar-refractivity contribution in [2.75, 3.05) is 46.3 Å². The van der Waals surface area contributed by atoms with Crippen molar-refractivity contribution in [1.29, 1.82) is 0 Å². The molecule has 1 saturated heterocycles. The Morgan fingerprint density at radius 2 is 1.76 bits per heavy atom. The molecule has 0 saturated carbocycles. The molecule has 5 rings (SSSR count). The number of likely N-dealkylation sites (N-methyl/N-ethyl adjacent to an activating group) is 1. The summed E-state index contributed by atoms with van der Waals surface area (Å²) < 4.78 is 15.0. The summed E-state index contributed by atoms with van der Waals surface area (Å²) in [5.74, 6) is -0.0770. The van der Waals surface area contributed by atoms with E-state index in [1.54, 1.807) is 12.1 Å². The zero-order valence-electron chi connectivity index (χ0n) is 26.8. The van der Waals surface area contributed by atoms with Gasteiger partial charge in [0.2, 0.25) is 5.91 Å². The number of nitrogens with one attached hydrogen (secondary N) is 2. The van der Waals surface area contributed by atoms with Crippen molar-refractivity contribution < 1.29 is 9.18 Å². The predicted molar refractivity (Wildman–Crippen MR) is 182 cm³/mol. The van der Waals surface area contributed by atoms with Gasteiger partial charge in [0.05, 0.1) is 6.04 Å². The maximum absolute atomic E-state index is 15.0. The Morgan fingerprint density at radius 3 is 2.47 bits per heavy atom. The molecule has 0 bridgehead atoms. The molecule has 1 fully saturated rings. The number of carbonyl (C=O) groups is 1. The lowest BCUT2D eigenvalue weighted by atomic mass is 9.99. The van der Waals surface area contributed by atoms with Crippen molar-refractivity contribution in [3.8, 4) is 0 Å². The molecule has 0 aliphatic carbocycles. The molecule has 45 heavy (non-hydrogen) atoms. The molecule has 1 amide bonds. The van der Waals surface area contributed by atoms with Gasteiger partial charge in [-0.2, -0.15) is 0 Å². The van der Waals surface area contributed by atoms with Crippen LogP contribution in [-0.4, -0.2) is 73.0 Å². The van der Waals surface area contributed by atoms with Crippen molar-refractivity contribution in [2.45, 2.75) is 57.8 Å². The number of rotatable bonds is 13. The summed E-state index contributed by atoms with van der Waals surface area (Å²) in [4.78, 5) is 20.8. The van der Waals surface area contributed by atoms with Gasteiger partial charge in [-0.1, -0.05) is 86.1 Å². The van der Waals surface area contributed by atoms with E-state index >= 15 is 0 Å². The van der Waals surface area contributed by atoms with Crippen LogP contribution >= 0.6 is 11.6 Å². The average molecular weight is 632 g/mol. The Labute approximate surface area is 273 Å². The molecule has 0 aromatic heterocycles. The number of carbonyl (C=O) groups excluding carboxylic acids is 1. The summed E-state index contributed by atoms with van der Waals surface area (Å²) in [5.41, 5.74) is 5.53. The lowest BCUT2D eigenvalue weighted by Gasteiger charge is -2.41. The van der Waals surface area contributed by atoms with E-state index in [2.05, 4.69) is 71.7 Å². The van der Waals surface area contributed by atoms with Crippen molar-refractivity contribution in [1.82, 2.24) is 25.3 Å². The van der Waals surface area contributed by atoms with E-state index in [1.165, 1.54) is 11.1 Å². The molecule has 6 nitrogen and oxygen atoms in total. The van der Waals surface area contributed by atoms with Crippen LogP contribution in [0.3, 0.4) is 0 Å². The molecule has 3 unspecified atom stereocenters. The smallest absolute Gasteiger partial charge is 0.245 e. The fraction of sp³-hybridized carbons (Fsp3) is 0.432. The van der Waals surface area contributed by atoms with E-state index in [9.17, 15) is 9.18 Å². The number of fused-ring (bicyclic) bond motifs is 1. The van der Waals surface area contributed by atoms with E-state index in [0.717, 1.165) is 49.3 Å². The minimum atomic E-state index is -0.416. The molecule has 8 heteroatoms. The van der Waals surface area contributed by atoms with E-state index in [1.807, 2.05) is 41.3 Å². The summed E-state index contributed by atoms with van der Waals surface area (Å²) >= 11 is 6.19. The van der Waals surface area contributed by atoms with Crippen LogP contribution in [0.15, 0.2) is 84.6 Å². The third-order valence-electron chi connectivity index (χ3n) is 9.21. The third kappa shape index (κ3) is 8.53. The molecule has 2 aliphatic heterocycles. The van der Waals surface area contributed by atoms with Gasteiger partial charge in [0, 0.05) is 74.4 Å². The number of hydrogen-bond acceptors (Lipinski definition) is 5. The van der Waals surface area contributed by atoms with Crippen molar-refractivity contribution >= 4 is 17.5 Å². The summed E-state index contributed by atoms with van der Waals surface area (Å²) in [7, 11) is 2.07. The fourth-order valence-corrected chi connectivity index (χ4v) is 6.69. The van der Waals surface area contributed by atoms with E-state index < -0.39 is 6.04 Å². The quantitative estimate of drug-likeness (QED) is 0.230. The molecule has 0 radical (unpaired) electrons. The minimum absolute atomic E-state index is 0.0720. The van der Waals surface area contributed by atoms with Crippen LogP contribution in [0.1, 0.15) is 61.0 Å². The summed E-state index contributed by atoms with van der Waals surface area (Å²) in [6.07, 6.45) is 4.44. The molecule has 2 heterocycles. The molecular formula is C37H47ClFN5O. The first kappa shape index (κ1) is 33.1. The summed E-state index contributed by atoms with van der Waals surface area (Å²) in [6.45, 7) is 9.31. The van der Waals surface area contributed by atoms with Crippen molar-refractivity contribution in [3.63, 3.8) is 0 Å². The minimum Gasteiger partial charge on any atom is -0.377 e. The highest BCUT2D eigenvalue weighted by molar-refractivity contribution is 6.30. The van der Waals surface area contributed by atoms with Crippen LogP contribution in [0.5, 0.6) is 0 Å². The topological polar surface area (TPSA) is 50.9 Å². The largest absolute Gasteiger partial charge is 0.377 e. The van der Waals surface area contributed by atoms with Crippen LogP contribution in [0.4, 0.5) is 4.39 Å². The number of allylic oxidation sites excluding steroid dienone is 1. The third-order valence-corrected chi connectivity index (χ3v) is 9.46. The van der Waals surface area contributed by atoms with Gasteiger partial charge < -0.3 is 20.4 Å². The Bertz CT molecular complexity index is 1440. The normalized spacial score (nSPS) is 18.6. The molecular weight excluding hydrogens is 585 g/mol. The van der Waals surface area contributed by atoms with Crippen LogP contribution in [-0.2, 0) is 17.8 Å². The number of benzene rings is 3. The molecule has 2 N–H and O–H groups in total. The molecule has 3 aromatic carbocycles. The van der Waals surface area contributed by atoms with Gasteiger partial charge >= 0.3 is 0 Å². The van der Waals surface area contributed by atoms with E-state index in [4.69, 9.17) is 11.6 Å². The second-order valence-electron chi connectivity index (χ2n) is 12.3. The predicted octanol–water partition coefficient (Wildman–Crippen LogP) is 6.35. The SMILES string of the molecule is CCC=C(CC1NCc2ccccc21)NC(Cc1ccc(Cl)cc1)C(=O)N1CCN(C(CN(C)CC)c2ccccc2F)CC1. The average Bonchev–Trinajstić information content (AvgIpc) is 3.47. The van der Waals surface area contributed by atoms with Gasteiger partial charge in [-0.25, -0.2) is 4.39 Å². The van der Waals surface area contributed by atoms with Gasteiger partial charge in [-0.3, -0.25) is 9.69 Å². The van der Waals surface area contributed by atoms with Crippen LogP contribution in [0.2, 0.25) is 5.02 Å². The summed E-state index contributed by atoms with van der Waals surface area (Å²) in [6, 6.07) is 23.2. The highest BCUT2D eigenvalue weighted by atomic mass is 35.5. The maximum atomic E-state index is 15.0. The number of amides is 1. The van der Waals surface area contributed by atoms with Gasteiger partial charge in [0.1, 0.15) is 11.9 Å². The van der Waals surface area contributed by atoms with Crippen LogP contribution < -0.4 is 10.6 Å². The fourth-order valence-electron chi connectivity index (χ4n) is 6.56. The first-order valence-corrected chi connectivity index (χ1v) is 16.7. The molecule has 3 atom stereocenters. The Morgan fingerprint density at radius 1 is 1.04 bits per heavy atom. The summed E-state index contributed by atoms with van der Waals surface area (Å²) in [5, 5.41) is 8.04. The van der Waals surface area contributed by atoms with Crippen molar-refractivity contribution in [3.05, 3.63) is 118 Å². The zero-order valence-corrected chi connectivity index (χ0v) is 27.6. The van der Waals surface area contributed by atoms with Crippen LogP contribution in [0, 0.1) is 5.82 Å². The van der Waals surface area contributed by atoms with Gasteiger partial charge in [0.25, 0.3) is 0 Å². The number of hydrogen-bond donors (Lipinski definition) is 2. The molecule has 3 aromatic rings. The lowest BCUT2D eigenvalue weighted by molar-refractivity contribution is -0.135. The first-order valence-electron chi connectivity index (χ1n) is 16.3. The first-order chi connectivity index (χ1) is 21.9. The Hall–Kier alpha value is -3.23. The second-order valence-corrected chi connectivity index (χ2v) is 12.7. The Balaban J connectivity index is 1.31. The highest BCUT2D eigenvalue weighted by Gasteiger charge is 2.33. The standard InChI is InChI=1S/C37H47ClFN5O/c1-4-10-30(24-34-31-12-7-6-11-28(31)25-40-34)41-35(23-27-15-17-29(38)18-16-27)37(45)44-21-19-43(20-22-44)36(26-42(3)5-2)32-13-8-9-14-33(32)39/h6-18,34-36,40-41H,4-5,19-26H2,1-3H3. The van der Waals surface area contributed by atoms with E-state index in [0.29, 0.717) is 37.6 Å². The van der Waals surface area contributed by atoms with Gasteiger partial charge in [-0.05, 0) is 54.9 Å². The number of piperazine rings is 1. The highest BCUT2D eigenvalue weighted by Crippen LogP contribution is 2.30. The molecule has 240 valence electrons. The second kappa shape index (κ2) is 15.9. The number of nitrogens with zero attached hydrogens (tertiary/aromatic N) is 3. The lowest BCUT2D eigenvalue weighted by Crippen LogP contribution is -2.55. The Kier molecular flexibility index (Phi) is 11.7. The molecule has 0 spiro atoms. The van der Waals surface area contributed by atoms with E-state index in [-0.39, 0.29) is 23.8 Å². The monoisotopic (exact) mass is 631 g/mol. The zero-order chi connectivity index (χ0) is 31.8. The number of halogens is 2.